The van der Waals surface area contributed by atoms with Crippen LogP contribution in [-0.2, 0) is 21.8 Å². The van der Waals surface area contributed by atoms with E-state index in [1.54, 1.807) is 48.3 Å². The largest absolute Gasteiger partial charge is 0.382 e. The van der Waals surface area contributed by atoms with Crippen molar-refractivity contribution in [3.05, 3.63) is 58.9 Å². The molecule has 0 aliphatic heterocycles. The van der Waals surface area contributed by atoms with E-state index in [0.717, 1.165) is 0 Å². The Morgan fingerprint density at radius 2 is 2.08 bits per heavy atom. The molecule has 3 aromatic rings. The summed E-state index contributed by atoms with van der Waals surface area (Å²) in [6.07, 6.45) is 3.26. The highest BCUT2D eigenvalue weighted by atomic mass is 35.5. The van der Waals surface area contributed by atoms with Crippen LogP contribution in [-0.4, -0.2) is 55.6 Å². The molecule has 9 nitrogen and oxygen atoms in total. The number of imidazole rings is 1. The number of ether oxygens (including phenoxy) is 2. The molecule has 0 amide bonds. The van der Waals surface area contributed by atoms with Gasteiger partial charge in [0.25, 0.3) is 0 Å². The maximum atomic E-state index is 11.5. The quantitative estimate of drug-likeness (QED) is 0.572. The van der Waals surface area contributed by atoms with Gasteiger partial charge in [-0.2, -0.15) is 5.21 Å². The van der Waals surface area contributed by atoms with E-state index in [1.807, 2.05) is 0 Å². The number of nitrogens with one attached hydrogen (secondary N) is 1. The fourth-order valence-electron chi connectivity index (χ4n) is 2.40. The second-order valence-electron chi connectivity index (χ2n) is 5.20. The Kier molecular flexibility index (Phi) is 5.39. The van der Waals surface area contributed by atoms with E-state index in [-0.39, 0.29) is 12.6 Å². The van der Waals surface area contributed by atoms with Crippen molar-refractivity contribution in [3.63, 3.8) is 0 Å². The number of rotatable bonds is 8. The summed E-state index contributed by atoms with van der Waals surface area (Å²) in [5.74, 6) is 0.368. The average Bonchev–Trinajstić information content (AvgIpc) is 3.31. The zero-order valence-electron chi connectivity index (χ0n) is 13.5. The van der Waals surface area contributed by atoms with Gasteiger partial charge in [-0.3, -0.25) is 0 Å². The number of nitrogens with zero attached hydrogens (tertiary/aromatic N) is 5. The molecule has 3 rings (SSSR count). The monoisotopic (exact) mass is 364 g/mol. The highest BCUT2D eigenvalue weighted by Gasteiger charge is 2.42. The van der Waals surface area contributed by atoms with E-state index < -0.39 is 5.60 Å². The standard InChI is InChI=1S/C15H17ClN6O3/c1-24-8-9-25-10-22-7-6-17-14(22)15(23,13-18-20-21-19-13)11-2-4-12(16)5-3-11/h2-7,23H,8-10H2,1H3,(H,18,19,20,21). The molecule has 25 heavy (non-hydrogen) atoms. The third-order valence-corrected chi connectivity index (χ3v) is 3.88. The summed E-state index contributed by atoms with van der Waals surface area (Å²) in [5.41, 5.74) is -1.21. The number of hydrogen-bond donors (Lipinski definition) is 2. The number of benzene rings is 1. The predicted molar refractivity (Wildman–Crippen MR) is 87.8 cm³/mol. The Balaban J connectivity index is 1.99. The van der Waals surface area contributed by atoms with Crippen LogP contribution in [0.4, 0.5) is 0 Å². The molecule has 1 aromatic carbocycles. The van der Waals surface area contributed by atoms with E-state index in [1.165, 1.54) is 0 Å². The molecule has 1 atom stereocenters. The van der Waals surface area contributed by atoms with Crippen LogP contribution < -0.4 is 0 Å². The Labute approximate surface area is 148 Å². The van der Waals surface area contributed by atoms with Gasteiger partial charge in [-0.1, -0.05) is 28.9 Å². The zero-order chi connectivity index (χ0) is 17.7. The summed E-state index contributed by atoms with van der Waals surface area (Å²) in [4.78, 5) is 4.29. The van der Waals surface area contributed by atoms with E-state index in [4.69, 9.17) is 21.1 Å². The molecule has 0 aliphatic rings. The molecule has 0 saturated heterocycles. The molecule has 132 valence electrons. The van der Waals surface area contributed by atoms with Gasteiger partial charge >= 0.3 is 0 Å². The molecule has 0 saturated carbocycles. The summed E-state index contributed by atoms with van der Waals surface area (Å²) in [6, 6.07) is 6.71. The fourth-order valence-corrected chi connectivity index (χ4v) is 2.53. The lowest BCUT2D eigenvalue weighted by atomic mass is 9.92. The number of aromatic amines is 1. The second kappa shape index (κ2) is 7.70. The van der Waals surface area contributed by atoms with Crippen LogP contribution in [0.5, 0.6) is 0 Å². The molecule has 0 bridgehead atoms. The Morgan fingerprint density at radius 1 is 1.28 bits per heavy atom. The molecular weight excluding hydrogens is 348 g/mol. The van der Waals surface area contributed by atoms with Gasteiger partial charge in [0.1, 0.15) is 6.73 Å². The van der Waals surface area contributed by atoms with Crippen LogP contribution in [0.3, 0.4) is 0 Å². The Morgan fingerprint density at radius 3 is 2.76 bits per heavy atom. The van der Waals surface area contributed by atoms with E-state index in [9.17, 15) is 5.11 Å². The third-order valence-electron chi connectivity index (χ3n) is 3.63. The smallest absolute Gasteiger partial charge is 0.218 e. The minimum absolute atomic E-state index is 0.0687. The van der Waals surface area contributed by atoms with Crippen molar-refractivity contribution in [2.24, 2.45) is 0 Å². The first-order valence-corrected chi connectivity index (χ1v) is 7.84. The lowest BCUT2D eigenvalue weighted by Gasteiger charge is -2.25. The maximum Gasteiger partial charge on any atom is 0.218 e. The Hall–Kier alpha value is -2.33. The van der Waals surface area contributed by atoms with Gasteiger partial charge in [-0.15, -0.1) is 10.2 Å². The fraction of sp³-hybridized carbons (Fsp3) is 0.333. The summed E-state index contributed by atoms with van der Waals surface area (Å²) in [7, 11) is 1.60. The number of aliphatic hydroxyl groups is 1. The second-order valence-corrected chi connectivity index (χ2v) is 5.64. The van der Waals surface area contributed by atoms with E-state index in [0.29, 0.717) is 29.6 Å². The SMILES string of the molecule is COCCOCn1ccnc1C(O)(c1ccc(Cl)cc1)c1nn[nH]n1. The molecule has 10 heteroatoms. The van der Waals surface area contributed by atoms with E-state index in [2.05, 4.69) is 25.6 Å². The Bertz CT molecular complexity index is 792. The first kappa shape index (κ1) is 17.5. The number of halogens is 1. The predicted octanol–water partition coefficient (Wildman–Crippen LogP) is 0.954. The highest BCUT2D eigenvalue weighted by molar-refractivity contribution is 6.30. The number of aromatic nitrogens is 6. The molecule has 0 fully saturated rings. The highest BCUT2D eigenvalue weighted by Crippen LogP contribution is 2.33. The van der Waals surface area contributed by atoms with Crippen LogP contribution in [0.2, 0.25) is 5.02 Å². The van der Waals surface area contributed by atoms with Crippen molar-refractivity contribution in [1.29, 1.82) is 0 Å². The van der Waals surface area contributed by atoms with Crippen molar-refractivity contribution in [3.8, 4) is 0 Å². The summed E-state index contributed by atoms with van der Waals surface area (Å²) >= 11 is 5.96. The van der Waals surface area contributed by atoms with Gasteiger partial charge in [-0.05, 0) is 17.7 Å². The van der Waals surface area contributed by atoms with Gasteiger partial charge in [0.05, 0.1) is 13.2 Å². The third kappa shape index (κ3) is 3.54. The minimum atomic E-state index is -1.72. The van der Waals surface area contributed by atoms with Crippen molar-refractivity contribution in [2.75, 3.05) is 20.3 Å². The van der Waals surface area contributed by atoms with Crippen LogP contribution in [0.15, 0.2) is 36.7 Å². The van der Waals surface area contributed by atoms with Crippen molar-refractivity contribution >= 4 is 11.6 Å². The summed E-state index contributed by atoms with van der Waals surface area (Å²) < 4.78 is 12.1. The summed E-state index contributed by atoms with van der Waals surface area (Å²) in [6.45, 7) is 1.07. The number of tetrazole rings is 1. The number of H-pyrrole nitrogens is 1. The van der Waals surface area contributed by atoms with Crippen LogP contribution in [0.1, 0.15) is 17.2 Å². The normalized spacial score (nSPS) is 13.7. The minimum Gasteiger partial charge on any atom is -0.382 e. The zero-order valence-corrected chi connectivity index (χ0v) is 14.2. The molecule has 2 N–H and O–H groups in total. The van der Waals surface area contributed by atoms with Crippen LogP contribution in [0, 0.1) is 0 Å². The van der Waals surface area contributed by atoms with Gasteiger partial charge in [0.15, 0.2) is 5.82 Å². The lowest BCUT2D eigenvalue weighted by Crippen LogP contribution is -2.34. The van der Waals surface area contributed by atoms with Crippen LogP contribution in [0.25, 0.3) is 0 Å². The van der Waals surface area contributed by atoms with Gasteiger partial charge in [0, 0.05) is 24.5 Å². The molecule has 2 heterocycles. The van der Waals surface area contributed by atoms with Gasteiger partial charge < -0.3 is 19.1 Å². The van der Waals surface area contributed by atoms with Gasteiger partial charge in [-0.25, -0.2) is 4.98 Å². The first-order chi connectivity index (χ1) is 12.2. The average molecular weight is 365 g/mol. The molecule has 0 aliphatic carbocycles. The lowest BCUT2D eigenvalue weighted by molar-refractivity contribution is 0.0244. The molecule has 0 spiro atoms. The molecule has 0 radical (unpaired) electrons. The van der Waals surface area contributed by atoms with Crippen molar-refractivity contribution in [2.45, 2.75) is 12.3 Å². The maximum absolute atomic E-state index is 11.5. The molecule has 1 unspecified atom stereocenters. The molecule has 2 aromatic heterocycles. The van der Waals surface area contributed by atoms with Crippen molar-refractivity contribution in [1.82, 2.24) is 30.2 Å². The first-order valence-electron chi connectivity index (χ1n) is 7.47. The van der Waals surface area contributed by atoms with Crippen molar-refractivity contribution < 1.29 is 14.6 Å². The summed E-state index contributed by atoms with van der Waals surface area (Å²) in [5, 5.41) is 25.8. The topological polar surface area (TPSA) is 111 Å². The molecular formula is C15H17ClN6O3. The van der Waals surface area contributed by atoms with Crippen LogP contribution >= 0.6 is 11.6 Å². The number of hydrogen-bond acceptors (Lipinski definition) is 7. The van der Waals surface area contributed by atoms with E-state index >= 15 is 0 Å². The van der Waals surface area contributed by atoms with Gasteiger partial charge in [0.2, 0.25) is 11.4 Å². The number of methoxy groups -OCH3 is 1.